The van der Waals surface area contributed by atoms with Crippen molar-refractivity contribution in [3.63, 3.8) is 0 Å². The minimum atomic E-state index is -0.565. The highest BCUT2D eigenvalue weighted by Crippen LogP contribution is 2.29. The Morgan fingerprint density at radius 1 is 1.33 bits per heavy atom. The Hall–Kier alpha value is -2.46. The van der Waals surface area contributed by atoms with Gasteiger partial charge in [0, 0.05) is 17.8 Å². The van der Waals surface area contributed by atoms with E-state index in [2.05, 4.69) is 21.2 Å². The first-order chi connectivity index (χ1) is 9.92. The smallest absolute Gasteiger partial charge is 0.270 e. The molecule has 0 aliphatic heterocycles. The SMILES string of the molecule is Cc1cc(F)c(Br)cc1Nc1ccc([N+](=O)[O-])cc1C#N. The fourth-order valence-corrected chi connectivity index (χ4v) is 2.12. The van der Waals surface area contributed by atoms with Crippen LogP contribution >= 0.6 is 15.9 Å². The second kappa shape index (κ2) is 5.89. The van der Waals surface area contributed by atoms with Gasteiger partial charge in [0.2, 0.25) is 0 Å². The number of benzene rings is 2. The number of hydrogen-bond acceptors (Lipinski definition) is 4. The van der Waals surface area contributed by atoms with E-state index in [1.165, 1.54) is 24.3 Å². The van der Waals surface area contributed by atoms with Crippen molar-refractivity contribution in [3.8, 4) is 6.07 Å². The van der Waals surface area contributed by atoms with E-state index < -0.39 is 4.92 Å². The summed E-state index contributed by atoms with van der Waals surface area (Å²) in [6.45, 7) is 1.72. The van der Waals surface area contributed by atoms with Crippen LogP contribution in [0.25, 0.3) is 0 Å². The summed E-state index contributed by atoms with van der Waals surface area (Å²) in [7, 11) is 0. The van der Waals surface area contributed by atoms with Crippen LogP contribution in [0.1, 0.15) is 11.1 Å². The van der Waals surface area contributed by atoms with Crippen molar-refractivity contribution in [2.45, 2.75) is 6.92 Å². The van der Waals surface area contributed by atoms with Gasteiger partial charge in [0.05, 0.1) is 20.6 Å². The van der Waals surface area contributed by atoms with Crippen LogP contribution in [0.5, 0.6) is 0 Å². The van der Waals surface area contributed by atoms with Crippen LogP contribution in [0.3, 0.4) is 0 Å². The third-order valence-electron chi connectivity index (χ3n) is 2.87. The molecule has 0 radical (unpaired) electrons. The summed E-state index contributed by atoms with van der Waals surface area (Å²) in [6, 6.07) is 8.75. The normalized spacial score (nSPS) is 10.0. The number of nitriles is 1. The molecule has 1 N–H and O–H groups in total. The standard InChI is InChI=1S/C14H9BrFN3O2/c1-8-4-12(16)11(15)6-14(8)18-13-3-2-10(19(20)21)5-9(13)7-17/h2-6,18H,1H3. The zero-order chi connectivity index (χ0) is 15.6. The zero-order valence-corrected chi connectivity index (χ0v) is 12.4. The van der Waals surface area contributed by atoms with Gasteiger partial charge in [-0.3, -0.25) is 10.1 Å². The monoisotopic (exact) mass is 349 g/mol. The Kier molecular flexibility index (Phi) is 4.19. The van der Waals surface area contributed by atoms with Gasteiger partial charge in [0.15, 0.2) is 0 Å². The molecule has 106 valence electrons. The third kappa shape index (κ3) is 3.17. The van der Waals surface area contributed by atoms with Gasteiger partial charge < -0.3 is 5.32 Å². The lowest BCUT2D eigenvalue weighted by Gasteiger charge is -2.12. The molecule has 5 nitrogen and oxygen atoms in total. The van der Waals surface area contributed by atoms with E-state index in [0.29, 0.717) is 16.9 Å². The van der Waals surface area contributed by atoms with Crippen LogP contribution in [-0.2, 0) is 0 Å². The lowest BCUT2D eigenvalue weighted by Crippen LogP contribution is -1.98. The van der Waals surface area contributed by atoms with Gasteiger partial charge in [-0.15, -0.1) is 0 Å². The van der Waals surface area contributed by atoms with Gasteiger partial charge in [-0.2, -0.15) is 5.26 Å². The summed E-state index contributed by atoms with van der Waals surface area (Å²) in [5.41, 5.74) is 1.66. The number of rotatable bonds is 3. The molecule has 0 aliphatic carbocycles. The maximum absolute atomic E-state index is 13.4. The van der Waals surface area contributed by atoms with Gasteiger partial charge in [-0.05, 0) is 46.6 Å². The van der Waals surface area contributed by atoms with Crippen LogP contribution in [0.15, 0.2) is 34.8 Å². The Bertz CT molecular complexity index is 772. The number of halogens is 2. The van der Waals surface area contributed by atoms with E-state index in [-0.39, 0.29) is 21.5 Å². The van der Waals surface area contributed by atoms with E-state index in [9.17, 15) is 14.5 Å². The molecule has 2 rings (SSSR count). The first-order valence-corrected chi connectivity index (χ1v) is 6.63. The fourth-order valence-electron chi connectivity index (χ4n) is 1.77. The second-order valence-electron chi connectivity index (χ2n) is 4.31. The highest BCUT2D eigenvalue weighted by atomic mass is 79.9. The van der Waals surface area contributed by atoms with Crippen molar-refractivity contribution in [3.05, 3.63) is 61.9 Å². The van der Waals surface area contributed by atoms with Gasteiger partial charge in [-0.1, -0.05) is 0 Å². The predicted octanol–water partition coefficient (Wildman–Crippen LogP) is 4.42. The van der Waals surface area contributed by atoms with Crippen molar-refractivity contribution >= 4 is 33.0 Å². The van der Waals surface area contributed by atoms with E-state index in [0.717, 1.165) is 0 Å². The quantitative estimate of drug-likeness (QED) is 0.656. The van der Waals surface area contributed by atoms with Crippen molar-refractivity contribution < 1.29 is 9.31 Å². The third-order valence-corrected chi connectivity index (χ3v) is 3.48. The maximum Gasteiger partial charge on any atom is 0.270 e. The van der Waals surface area contributed by atoms with Gasteiger partial charge in [-0.25, -0.2) is 4.39 Å². The summed E-state index contributed by atoms with van der Waals surface area (Å²) < 4.78 is 13.7. The van der Waals surface area contributed by atoms with Crippen LogP contribution in [-0.4, -0.2) is 4.92 Å². The van der Waals surface area contributed by atoms with E-state index in [1.54, 1.807) is 13.0 Å². The minimum Gasteiger partial charge on any atom is -0.354 e. The molecule has 0 aromatic heterocycles. The molecule has 0 heterocycles. The highest BCUT2D eigenvalue weighted by molar-refractivity contribution is 9.10. The topological polar surface area (TPSA) is 79.0 Å². The Labute approximate surface area is 128 Å². The lowest BCUT2D eigenvalue weighted by molar-refractivity contribution is -0.384. The number of nitro benzene ring substituents is 1. The number of hydrogen-bond donors (Lipinski definition) is 1. The fraction of sp³-hybridized carbons (Fsp3) is 0.0714. The molecule has 0 atom stereocenters. The molecule has 21 heavy (non-hydrogen) atoms. The second-order valence-corrected chi connectivity index (χ2v) is 5.16. The van der Waals surface area contributed by atoms with E-state index in [4.69, 9.17) is 5.26 Å². The summed E-state index contributed by atoms with van der Waals surface area (Å²) >= 11 is 3.09. The van der Waals surface area contributed by atoms with Crippen molar-refractivity contribution in [2.75, 3.05) is 5.32 Å². The zero-order valence-electron chi connectivity index (χ0n) is 10.9. The van der Waals surface area contributed by atoms with Gasteiger partial charge >= 0.3 is 0 Å². The Morgan fingerprint density at radius 2 is 2.05 bits per heavy atom. The summed E-state index contributed by atoms with van der Waals surface area (Å²) in [6.07, 6.45) is 0. The largest absolute Gasteiger partial charge is 0.354 e. The number of nitrogens with zero attached hydrogens (tertiary/aromatic N) is 2. The van der Waals surface area contributed by atoms with E-state index >= 15 is 0 Å². The molecule has 0 bridgehead atoms. The van der Waals surface area contributed by atoms with Gasteiger partial charge in [0.25, 0.3) is 5.69 Å². The molecule has 0 unspecified atom stereocenters. The molecule has 0 amide bonds. The van der Waals surface area contributed by atoms with Crippen molar-refractivity contribution in [1.29, 1.82) is 5.26 Å². The first kappa shape index (κ1) is 14.9. The molecular formula is C14H9BrFN3O2. The molecule has 0 saturated carbocycles. The number of nitrogens with one attached hydrogen (secondary N) is 1. The van der Waals surface area contributed by atoms with E-state index in [1.807, 2.05) is 6.07 Å². The number of aryl methyl sites for hydroxylation is 1. The molecule has 0 fully saturated rings. The summed E-state index contributed by atoms with van der Waals surface area (Å²) in [5, 5.41) is 22.8. The molecule has 7 heteroatoms. The van der Waals surface area contributed by atoms with Crippen LogP contribution in [0, 0.1) is 34.2 Å². The van der Waals surface area contributed by atoms with Crippen molar-refractivity contribution in [1.82, 2.24) is 0 Å². The van der Waals surface area contributed by atoms with Crippen molar-refractivity contribution in [2.24, 2.45) is 0 Å². The molecule has 2 aromatic rings. The molecule has 0 saturated heterocycles. The molecule has 2 aromatic carbocycles. The average Bonchev–Trinajstić information content (AvgIpc) is 2.44. The number of anilines is 2. The Balaban J connectivity index is 2.43. The molecule has 0 spiro atoms. The first-order valence-electron chi connectivity index (χ1n) is 5.83. The highest BCUT2D eigenvalue weighted by Gasteiger charge is 2.12. The molecular weight excluding hydrogens is 341 g/mol. The molecule has 0 aliphatic rings. The van der Waals surface area contributed by atoms with Gasteiger partial charge in [0.1, 0.15) is 11.9 Å². The minimum absolute atomic E-state index is 0.143. The lowest BCUT2D eigenvalue weighted by atomic mass is 10.1. The average molecular weight is 350 g/mol. The van der Waals surface area contributed by atoms with Crippen LogP contribution < -0.4 is 5.32 Å². The summed E-state index contributed by atoms with van der Waals surface area (Å²) in [4.78, 5) is 10.1. The summed E-state index contributed by atoms with van der Waals surface area (Å²) in [5.74, 6) is -0.387. The Morgan fingerprint density at radius 3 is 2.67 bits per heavy atom. The number of non-ortho nitro benzene ring substituents is 1. The van der Waals surface area contributed by atoms with Crippen LogP contribution in [0.2, 0.25) is 0 Å². The van der Waals surface area contributed by atoms with Crippen LogP contribution in [0.4, 0.5) is 21.5 Å². The maximum atomic E-state index is 13.4. The number of nitro groups is 1. The predicted molar refractivity (Wildman–Crippen MR) is 79.9 cm³/mol.